The zero-order valence-electron chi connectivity index (χ0n) is 13.2. The van der Waals surface area contributed by atoms with Crippen molar-refractivity contribution in [2.75, 3.05) is 20.3 Å². The van der Waals surface area contributed by atoms with Crippen molar-refractivity contribution in [1.29, 1.82) is 0 Å². The number of aliphatic hydroxyl groups excluding tert-OH is 1. The minimum atomic E-state index is -0.469. The molecule has 0 aliphatic carbocycles. The fraction of sp³-hybridized carbons (Fsp3) is 0.412. The second kappa shape index (κ2) is 7.78. The molecule has 6 nitrogen and oxygen atoms in total. The molecule has 124 valence electrons. The maximum Gasteiger partial charge on any atom is 0.410 e. The Morgan fingerprint density at radius 3 is 2.91 bits per heavy atom. The highest BCUT2D eigenvalue weighted by atomic mass is 16.6. The molecule has 23 heavy (non-hydrogen) atoms. The van der Waals surface area contributed by atoms with E-state index in [1.165, 1.54) is 6.08 Å². The third-order valence-electron chi connectivity index (χ3n) is 3.95. The van der Waals surface area contributed by atoms with Gasteiger partial charge in [0, 0.05) is 18.5 Å². The average molecular weight is 319 g/mol. The number of hydrogen-bond acceptors (Lipinski definition) is 5. The number of aldehydes is 1. The smallest absolute Gasteiger partial charge is 0.410 e. The summed E-state index contributed by atoms with van der Waals surface area (Å²) in [6, 6.07) is 3.27. The van der Waals surface area contributed by atoms with E-state index in [-0.39, 0.29) is 19.6 Å². The third kappa shape index (κ3) is 3.53. The first-order valence-electron chi connectivity index (χ1n) is 7.44. The molecule has 0 bridgehead atoms. The lowest BCUT2D eigenvalue weighted by atomic mass is 9.89. The summed E-state index contributed by atoms with van der Waals surface area (Å²) in [4.78, 5) is 24.8. The normalized spacial score (nSPS) is 16.4. The van der Waals surface area contributed by atoms with Gasteiger partial charge in [-0.25, -0.2) is 4.79 Å². The van der Waals surface area contributed by atoms with E-state index < -0.39 is 12.1 Å². The van der Waals surface area contributed by atoms with E-state index in [1.807, 2.05) is 6.07 Å². The topological polar surface area (TPSA) is 76.1 Å². The number of aliphatic hydroxyl groups is 1. The van der Waals surface area contributed by atoms with Gasteiger partial charge in [0.2, 0.25) is 0 Å². The highest BCUT2D eigenvalue weighted by Crippen LogP contribution is 2.36. The van der Waals surface area contributed by atoms with E-state index in [4.69, 9.17) is 9.47 Å². The van der Waals surface area contributed by atoms with E-state index >= 15 is 0 Å². The summed E-state index contributed by atoms with van der Waals surface area (Å²) < 4.78 is 10.4. The maximum atomic E-state index is 12.2. The minimum Gasteiger partial charge on any atom is -0.496 e. The van der Waals surface area contributed by atoms with Gasteiger partial charge < -0.3 is 24.3 Å². The first-order valence-corrected chi connectivity index (χ1v) is 7.44. The number of carbonyl (C=O) groups is 2. The van der Waals surface area contributed by atoms with Crippen LogP contribution in [0.3, 0.4) is 0 Å². The SMILES string of the molecule is C=CCOC(=O)N1CCc2cc(OC)c(CO)cc2[C@H]1CC=O. The van der Waals surface area contributed by atoms with Gasteiger partial charge in [0.05, 0.1) is 19.8 Å². The number of rotatable bonds is 6. The zero-order valence-corrected chi connectivity index (χ0v) is 13.2. The van der Waals surface area contributed by atoms with Crippen molar-refractivity contribution in [3.63, 3.8) is 0 Å². The Kier molecular flexibility index (Phi) is 5.76. The Morgan fingerprint density at radius 1 is 1.52 bits per heavy atom. The minimum absolute atomic E-state index is 0.125. The fourth-order valence-electron chi connectivity index (χ4n) is 2.87. The maximum absolute atomic E-state index is 12.2. The molecule has 1 aromatic carbocycles. The van der Waals surface area contributed by atoms with Crippen molar-refractivity contribution in [3.05, 3.63) is 41.5 Å². The second-order valence-electron chi connectivity index (χ2n) is 5.25. The molecule has 1 aliphatic heterocycles. The van der Waals surface area contributed by atoms with Crippen LogP contribution < -0.4 is 4.74 Å². The van der Waals surface area contributed by atoms with Crippen LogP contribution in [0.4, 0.5) is 4.79 Å². The monoisotopic (exact) mass is 319 g/mol. The van der Waals surface area contributed by atoms with E-state index in [0.29, 0.717) is 24.3 Å². The van der Waals surface area contributed by atoms with Crippen LogP contribution in [-0.4, -0.2) is 42.6 Å². The summed E-state index contributed by atoms with van der Waals surface area (Å²) in [6.07, 6.45) is 2.63. The first kappa shape index (κ1) is 17.0. The first-order chi connectivity index (χ1) is 11.2. The molecule has 0 spiro atoms. The number of methoxy groups -OCH3 is 1. The Hall–Kier alpha value is -2.34. The molecule has 1 amide bonds. The zero-order chi connectivity index (χ0) is 16.8. The van der Waals surface area contributed by atoms with Gasteiger partial charge in [0.15, 0.2) is 0 Å². The molecule has 2 rings (SSSR count). The van der Waals surface area contributed by atoms with Crippen LogP contribution in [0.25, 0.3) is 0 Å². The molecule has 1 atom stereocenters. The van der Waals surface area contributed by atoms with Crippen LogP contribution in [-0.2, 0) is 22.6 Å². The summed E-state index contributed by atoms with van der Waals surface area (Å²) in [5.74, 6) is 0.610. The molecule has 0 fully saturated rings. The van der Waals surface area contributed by atoms with Crippen molar-refractivity contribution >= 4 is 12.4 Å². The number of nitrogens with zero attached hydrogens (tertiary/aromatic N) is 1. The number of fused-ring (bicyclic) bond motifs is 1. The quantitative estimate of drug-likeness (QED) is 0.641. The van der Waals surface area contributed by atoms with Gasteiger partial charge >= 0.3 is 6.09 Å². The average Bonchev–Trinajstić information content (AvgIpc) is 2.58. The van der Waals surface area contributed by atoms with E-state index in [2.05, 4.69) is 6.58 Å². The summed E-state index contributed by atoms with van der Waals surface area (Å²) in [5.41, 5.74) is 2.49. The van der Waals surface area contributed by atoms with Crippen molar-refractivity contribution in [1.82, 2.24) is 4.90 Å². The highest BCUT2D eigenvalue weighted by molar-refractivity contribution is 5.70. The van der Waals surface area contributed by atoms with Crippen LogP contribution in [0.2, 0.25) is 0 Å². The molecule has 0 saturated carbocycles. The van der Waals surface area contributed by atoms with E-state index in [0.717, 1.165) is 17.4 Å². The lowest BCUT2D eigenvalue weighted by Crippen LogP contribution is -2.40. The molecule has 1 aliphatic rings. The molecule has 0 aromatic heterocycles. The van der Waals surface area contributed by atoms with Crippen LogP contribution in [0.15, 0.2) is 24.8 Å². The number of ether oxygens (including phenoxy) is 2. The van der Waals surface area contributed by atoms with Gasteiger partial charge in [0.25, 0.3) is 0 Å². The van der Waals surface area contributed by atoms with Gasteiger partial charge in [-0.2, -0.15) is 0 Å². The predicted molar refractivity (Wildman–Crippen MR) is 84.3 cm³/mol. The third-order valence-corrected chi connectivity index (χ3v) is 3.95. The van der Waals surface area contributed by atoms with Crippen molar-refractivity contribution in [2.24, 2.45) is 0 Å². The van der Waals surface area contributed by atoms with Gasteiger partial charge in [-0.3, -0.25) is 0 Å². The highest BCUT2D eigenvalue weighted by Gasteiger charge is 2.32. The van der Waals surface area contributed by atoms with Gasteiger partial charge in [-0.15, -0.1) is 0 Å². The van der Waals surface area contributed by atoms with Gasteiger partial charge in [-0.1, -0.05) is 12.7 Å². The predicted octanol–water partition coefficient (Wildman–Crippen LogP) is 2.00. The molecule has 0 unspecified atom stereocenters. The van der Waals surface area contributed by atoms with Crippen LogP contribution in [0, 0.1) is 0 Å². The fourth-order valence-corrected chi connectivity index (χ4v) is 2.87. The molecular weight excluding hydrogens is 298 g/mol. The Balaban J connectivity index is 2.38. The number of benzene rings is 1. The summed E-state index contributed by atoms with van der Waals surface area (Å²) in [7, 11) is 1.55. The Morgan fingerprint density at radius 2 is 2.30 bits per heavy atom. The van der Waals surface area contributed by atoms with Crippen LogP contribution in [0.5, 0.6) is 5.75 Å². The van der Waals surface area contributed by atoms with E-state index in [1.54, 1.807) is 18.1 Å². The lowest BCUT2D eigenvalue weighted by Gasteiger charge is -2.36. The summed E-state index contributed by atoms with van der Waals surface area (Å²) >= 11 is 0. The largest absolute Gasteiger partial charge is 0.496 e. The second-order valence-corrected chi connectivity index (χ2v) is 5.25. The molecule has 1 aromatic rings. The summed E-state index contributed by atoms with van der Waals surface area (Å²) in [5, 5.41) is 9.49. The molecular formula is C17H21NO5. The van der Waals surface area contributed by atoms with Crippen molar-refractivity contribution in [3.8, 4) is 5.75 Å². The molecule has 0 radical (unpaired) electrons. The van der Waals surface area contributed by atoms with E-state index in [9.17, 15) is 14.7 Å². The Labute approximate surface area is 135 Å². The molecule has 1 heterocycles. The lowest BCUT2D eigenvalue weighted by molar-refractivity contribution is -0.108. The van der Waals surface area contributed by atoms with Gasteiger partial charge in [-0.05, 0) is 29.7 Å². The molecule has 0 saturated heterocycles. The summed E-state index contributed by atoms with van der Waals surface area (Å²) in [6.45, 7) is 3.93. The molecule has 1 N–H and O–H groups in total. The number of hydrogen-bond donors (Lipinski definition) is 1. The van der Waals surface area contributed by atoms with Crippen LogP contribution in [0.1, 0.15) is 29.2 Å². The van der Waals surface area contributed by atoms with Crippen molar-refractivity contribution in [2.45, 2.75) is 25.5 Å². The van der Waals surface area contributed by atoms with Gasteiger partial charge in [0.1, 0.15) is 18.6 Å². The Bertz CT molecular complexity index is 599. The number of amides is 1. The molecule has 6 heteroatoms. The van der Waals surface area contributed by atoms with Crippen LogP contribution >= 0.6 is 0 Å². The van der Waals surface area contributed by atoms with Crippen molar-refractivity contribution < 1.29 is 24.2 Å². The number of carbonyl (C=O) groups excluding carboxylic acids is 2. The standard InChI is InChI=1S/C17H21NO5/c1-3-8-23-17(21)18-6-4-12-10-16(22-2)13(11-20)9-14(12)15(18)5-7-19/h3,7,9-10,15,20H,1,4-6,8,11H2,2H3/t15-/m1/s1.